The van der Waals surface area contributed by atoms with Crippen LogP contribution in [0.1, 0.15) is 58.6 Å². The van der Waals surface area contributed by atoms with Gasteiger partial charge in [0.1, 0.15) is 0 Å². The van der Waals surface area contributed by atoms with Crippen LogP contribution in [0.4, 0.5) is 0 Å². The van der Waals surface area contributed by atoms with Crippen LogP contribution in [0.3, 0.4) is 0 Å². The lowest BCUT2D eigenvalue weighted by Crippen LogP contribution is -2.43. The van der Waals surface area contributed by atoms with Gasteiger partial charge in [0.05, 0.1) is 4.88 Å². The number of piperidine rings is 1. The van der Waals surface area contributed by atoms with Crippen molar-refractivity contribution in [1.29, 1.82) is 0 Å². The van der Waals surface area contributed by atoms with Crippen LogP contribution >= 0.6 is 11.3 Å². The fourth-order valence-corrected chi connectivity index (χ4v) is 4.72. The Morgan fingerprint density at radius 1 is 1.19 bits per heavy atom. The zero-order valence-corrected chi connectivity index (χ0v) is 13.8. The number of carbonyl (C=O) groups is 1. The van der Waals surface area contributed by atoms with Gasteiger partial charge in [-0.3, -0.25) is 4.79 Å². The molecule has 2 aliphatic rings. The average molecular weight is 306 g/mol. The van der Waals surface area contributed by atoms with Crippen LogP contribution in [-0.4, -0.2) is 37.0 Å². The second kappa shape index (κ2) is 6.93. The van der Waals surface area contributed by atoms with E-state index in [4.69, 9.17) is 0 Å². The Kier molecular flexibility index (Phi) is 4.96. The average Bonchev–Trinajstić information content (AvgIpc) is 2.89. The van der Waals surface area contributed by atoms with Crippen molar-refractivity contribution in [1.82, 2.24) is 10.2 Å². The van der Waals surface area contributed by atoms with Crippen molar-refractivity contribution in [3.05, 3.63) is 21.4 Å². The van der Waals surface area contributed by atoms with Crippen LogP contribution in [0, 0.1) is 0 Å². The lowest BCUT2D eigenvalue weighted by molar-refractivity contribution is 0.0708. The van der Waals surface area contributed by atoms with Crippen LogP contribution < -0.4 is 5.32 Å². The van der Waals surface area contributed by atoms with Crippen LogP contribution in [0.2, 0.25) is 0 Å². The van der Waals surface area contributed by atoms with Crippen LogP contribution in [0.25, 0.3) is 0 Å². The molecule has 2 heterocycles. The summed E-state index contributed by atoms with van der Waals surface area (Å²) in [5, 5.41) is 3.37. The maximum atomic E-state index is 12.7. The molecule has 1 aliphatic heterocycles. The lowest BCUT2D eigenvalue weighted by Gasteiger charge is -2.31. The van der Waals surface area contributed by atoms with E-state index < -0.39 is 0 Å². The SMILES string of the molecule is CN(C(=O)c1cc2c(s1)CCCCCC2)C1CCNCC1. The summed E-state index contributed by atoms with van der Waals surface area (Å²) in [6.07, 6.45) is 9.73. The maximum Gasteiger partial charge on any atom is 0.263 e. The first-order valence-electron chi connectivity index (χ1n) is 8.35. The Bertz CT molecular complexity index is 465. The molecule has 3 nitrogen and oxygen atoms in total. The number of carbonyl (C=O) groups excluding carboxylic acids is 1. The van der Waals surface area contributed by atoms with E-state index >= 15 is 0 Å². The molecule has 1 aromatic heterocycles. The third kappa shape index (κ3) is 3.49. The predicted octanol–water partition coefficient (Wildman–Crippen LogP) is 3.23. The van der Waals surface area contributed by atoms with E-state index in [1.54, 1.807) is 11.3 Å². The smallest absolute Gasteiger partial charge is 0.263 e. The number of nitrogens with zero attached hydrogens (tertiary/aromatic N) is 1. The number of hydrogen-bond acceptors (Lipinski definition) is 3. The molecule has 1 saturated heterocycles. The van der Waals surface area contributed by atoms with Gasteiger partial charge in [0.15, 0.2) is 0 Å². The highest BCUT2D eigenvalue weighted by Gasteiger charge is 2.25. The molecule has 0 radical (unpaired) electrons. The van der Waals surface area contributed by atoms with Gasteiger partial charge in [0.2, 0.25) is 0 Å². The van der Waals surface area contributed by atoms with Crippen molar-refractivity contribution in [3.8, 4) is 0 Å². The Labute approximate surface area is 131 Å². The number of rotatable bonds is 2. The fraction of sp³-hybridized carbons (Fsp3) is 0.706. The van der Waals surface area contributed by atoms with Gasteiger partial charge >= 0.3 is 0 Å². The molecule has 1 fully saturated rings. The number of thiophene rings is 1. The first kappa shape index (κ1) is 15.0. The highest BCUT2D eigenvalue weighted by atomic mass is 32.1. The first-order valence-corrected chi connectivity index (χ1v) is 9.17. The molecule has 0 saturated carbocycles. The molecule has 4 heteroatoms. The summed E-state index contributed by atoms with van der Waals surface area (Å²) < 4.78 is 0. The number of nitrogens with one attached hydrogen (secondary N) is 1. The molecule has 1 amide bonds. The molecule has 0 spiro atoms. The topological polar surface area (TPSA) is 32.3 Å². The largest absolute Gasteiger partial charge is 0.338 e. The zero-order chi connectivity index (χ0) is 14.7. The first-order chi connectivity index (χ1) is 10.3. The number of fused-ring (bicyclic) bond motifs is 1. The molecule has 3 rings (SSSR count). The van der Waals surface area contributed by atoms with E-state index in [-0.39, 0.29) is 5.91 Å². The summed E-state index contributed by atoms with van der Waals surface area (Å²) in [7, 11) is 1.98. The zero-order valence-electron chi connectivity index (χ0n) is 13.0. The van der Waals surface area contributed by atoms with Gasteiger partial charge < -0.3 is 10.2 Å². The van der Waals surface area contributed by atoms with Gasteiger partial charge in [-0.2, -0.15) is 0 Å². The van der Waals surface area contributed by atoms with Crippen molar-refractivity contribution >= 4 is 17.2 Å². The molecular formula is C17H26N2OS. The predicted molar refractivity (Wildman–Crippen MR) is 88.2 cm³/mol. The maximum absolute atomic E-state index is 12.7. The molecule has 1 aromatic rings. The van der Waals surface area contributed by atoms with Gasteiger partial charge in [-0.05, 0) is 63.2 Å². The normalized spacial score (nSPS) is 20.4. The molecule has 0 aromatic carbocycles. The minimum absolute atomic E-state index is 0.235. The summed E-state index contributed by atoms with van der Waals surface area (Å²) in [4.78, 5) is 17.2. The number of amides is 1. The molecule has 21 heavy (non-hydrogen) atoms. The monoisotopic (exact) mass is 306 g/mol. The van der Waals surface area contributed by atoms with E-state index in [0.29, 0.717) is 6.04 Å². The van der Waals surface area contributed by atoms with Gasteiger partial charge in [0, 0.05) is 18.0 Å². The van der Waals surface area contributed by atoms with Gasteiger partial charge in [-0.15, -0.1) is 11.3 Å². The van der Waals surface area contributed by atoms with Crippen molar-refractivity contribution in [2.24, 2.45) is 0 Å². The Hall–Kier alpha value is -0.870. The quantitative estimate of drug-likeness (QED) is 0.910. The summed E-state index contributed by atoms with van der Waals surface area (Å²) in [6, 6.07) is 2.59. The molecule has 0 bridgehead atoms. The minimum atomic E-state index is 0.235. The standard InChI is InChI=1S/C17H26N2OS/c1-19(14-8-10-18-11-9-14)17(20)16-12-13-6-4-2-3-5-7-15(13)21-16/h12,14,18H,2-11H2,1H3. The minimum Gasteiger partial charge on any atom is -0.338 e. The van der Waals surface area contributed by atoms with Gasteiger partial charge in [-0.25, -0.2) is 0 Å². The molecular weight excluding hydrogens is 280 g/mol. The van der Waals surface area contributed by atoms with E-state index in [2.05, 4.69) is 11.4 Å². The molecule has 0 unspecified atom stereocenters. The van der Waals surface area contributed by atoms with Gasteiger partial charge in [0.25, 0.3) is 5.91 Å². The van der Waals surface area contributed by atoms with Crippen LogP contribution in [-0.2, 0) is 12.8 Å². The van der Waals surface area contributed by atoms with E-state index in [1.165, 1.54) is 42.5 Å². The van der Waals surface area contributed by atoms with Crippen molar-refractivity contribution in [2.45, 2.75) is 57.4 Å². The van der Waals surface area contributed by atoms with Crippen LogP contribution in [0.15, 0.2) is 6.07 Å². The molecule has 1 N–H and O–H groups in total. The Morgan fingerprint density at radius 3 is 2.67 bits per heavy atom. The number of aryl methyl sites for hydroxylation is 2. The van der Waals surface area contributed by atoms with Crippen molar-refractivity contribution < 1.29 is 4.79 Å². The molecule has 116 valence electrons. The van der Waals surface area contributed by atoms with Crippen LogP contribution in [0.5, 0.6) is 0 Å². The summed E-state index contributed by atoms with van der Waals surface area (Å²) in [6.45, 7) is 2.06. The summed E-state index contributed by atoms with van der Waals surface area (Å²) in [5.74, 6) is 0.235. The summed E-state index contributed by atoms with van der Waals surface area (Å²) in [5.41, 5.74) is 1.45. The number of hydrogen-bond donors (Lipinski definition) is 1. The second-order valence-corrected chi connectivity index (χ2v) is 7.51. The van der Waals surface area contributed by atoms with Crippen molar-refractivity contribution in [2.75, 3.05) is 20.1 Å². The molecule has 1 aliphatic carbocycles. The van der Waals surface area contributed by atoms with E-state index in [0.717, 1.165) is 37.2 Å². The van der Waals surface area contributed by atoms with Gasteiger partial charge in [-0.1, -0.05) is 12.8 Å². The third-order valence-electron chi connectivity index (χ3n) is 4.88. The Balaban J connectivity index is 1.73. The third-order valence-corrected chi connectivity index (χ3v) is 6.11. The summed E-state index contributed by atoms with van der Waals surface area (Å²) >= 11 is 1.75. The fourth-order valence-electron chi connectivity index (χ4n) is 3.48. The highest BCUT2D eigenvalue weighted by Crippen LogP contribution is 2.29. The van der Waals surface area contributed by atoms with E-state index in [9.17, 15) is 4.79 Å². The van der Waals surface area contributed by atoms with E-state index in [1.807, 2.05) is 11.9 Å². The second-order valence-electron chi connectivity index (χ2n) is 6.37. The Morgan fingerprint density at radius 2 is 1.90 bits per heavy atom. The van der Waals surface area contributed by atoms with Crippen molar-refractivity contribution in [3.63, 3.8) is 0 Å². The highest BCUT2D eigenvalue weighted by molar-refractivity contribution is 7.14. The molecule has 0 atom stereocenters. The lowest BCUT2D eigenvalue weighted by atomic mass is 9.99.